The topological polar surface area (TPSA) is 30.2 Å². The SMILES string of the molecule is CCC(=O)c1cc2cc(C)cc(Br)c2o1. The normalized spacial score (nSPS) is 10.9. The van der Waals surface area contributed by atoms with Gasteiger partial charge >= 0.3 is 0 Å². The molecule has 15 heavy (non-hydrogen) atoms. The first-order valence-electron chi connectivity index (χ1n) is 4.84. The molecule has 0 aliphatic carbocycles. The van der Waals surface area contributed by atoms with Gasteiger partial charge in [0.05, 0.1) is 4.47 Å². The van der Waals surface area contributed by atoms with E-state index in [9.17, 15) is 4.79 Å². The highest BCUT2D eigenvalue weighted by molar-refractivity contribution is 9.10. The first kappa shape index (κ1) is 10.4. The lowest BCUT2D eigenvalue weighted by Gasteiger charge is -1.95. The Labute approximate surface area is 96.4 Å². The molecule has 1 aromatic carbocycles. The molecular formula is C12H11BrO2. The number of fused-ring (bicyclic) bond motifs is 1. The first-order chi connectivity index (χ1) is 7.11. The van der Waals surface area contributed by atoms with Crippen molar-refractivity contribution in [3.05, 3.63) is 34.0 Å². The second kappa shape index (κ2) is 3.81. The van der Waals surface area contributed by atoms with Crippen molar-refractivity contribution in [1.29, 1.82) is 0 Å². The predicted octanol–water partition coefficient (Wildman–Crippen LogP) is 4.10. The minimum Gasteiger partial charge on any atom is -0.452 e. The van der Waals surface area contributed by atoms with Crippen LogP contribution >= 0.6 is 15.9 Å². The van der Waals surface area contributed by atoms with Gasteiger partial charge in [0.1, 0.15) is 5.58 Å². The Hall–Kier alpha value is -1.09. The standard InChI is InChI=1S/C12H11BrO2/c1-3-10(14)11-6-8-4-7(2)5-9(13)12(8)15-11/h4-6H,3H2,1-2H3. The van der Waals surface area contributed by atoms with Crippen LogP contribution in [0, 0.1) is 6.92 Å². The van der Waals surface area contributed by atoms with E-state index < -0.39 is 0 Å². The van der Waals surface area contributed by atoms with Gasteiger partial charge in [-0.2, -0.15) is 0 Å². The number of carbonyl (C=O) groups is 1. The molecule has 2 aromatic rings. The molecule has 0 aliphatic heterocycles. The van der Waals surface area contributed by atoms with Crippen molar-refractivity contribution < 1.29 is 9.21 Å². The van der Waals surface area contributed by atoms with Crippen molar-refractivity contribution in [2.24, 2.45) is 0 Å². The van der Waals surface area contributed by atoms with Crippen molar-refractivity contribution in [3.8, 4) is 0 Å². The summed E-state index contributed by atoms with van der Waals surface area (Å²) in [5, 5.41) is 0.971. The lowest BCUT2D eigenvalue weighted by atomic mass is 10.1. The Morgan fingerprint density at radius 2 is 2.13 bits per heavy atom. The molecule has 2 rings (SSSR count). The van der Waals surface area contributed by atoms with Gasteiger partial charge in [-0.05, 0) is 46.6 Å². The molecule has 0 fully saturated rings. The van der Waals surface area contributed by atoms with E-state index >= 15 is 0 Å². The molecule has 0 radical (unpaired) electrons. The van der Waals surface area contributed by atoms with Crippen molar-refractivity contribution in [2.45, 2.75) is 20.3 Å². The summed E-state index contributed by atoms with van der Waals surface area (Å²) in [5.41, 5.74) is 1.89. The third kappa shape index (κ3) is 1.84. The summed E-state index contributed by atoms with van der Waals surface area (Å²) < 4.78 is 6.41. The minimum atomic E-state index is 0.0377. The van der Waals surface area contributed by atoms with Crippen LogP contribution in [0.1, 0.15) is 29.5 Å². The van der Waals surface area contributed by atoms with Gasteiger partial charge < -0.3 is 4.42 Å². The highest BCUT2D eigenvalue weighted by Gasteiger charge is 2.12. The van der Waals surface area contributed by atoms with Gasteiger partial charge in [0.2, 0.25) is 0 Å². The molecule has 0 aliphatic rings. The van der Waals surface area contributed by atoms with E-state index in [-0.39, 0.29) is 5.78 Å². The van der Waals surface area contributed by atoms with Crippen LogP contribution in [0.5, 0.6) is 0 Å². The molecule has 0 N–H and O–H groups in total. The van der Waals surface area contributed by atoms with Crippen LogP contribution in [0.3, 0.4) is 0 Å². The molecule has 1 heterocycles. The fourth-order valence-corrected chi connectivity index (χ4v) is 2.23. The highest BCUT2D eigenvalue weighted by Crippen LogP contribution is 2.29. The van der Waals surface area contributed by atoms with Crippen LogP contribution in [-0.4, -0.2) is 5.78 Å². The number of Topliss-reactive ketones (excluding diaryl/α,β-unsaturated/α-hetero) is 1. The summed E-state index contributed by atoms with van der Waals surface area (Å²) in [6, 6.07) is 5.79. The first-order valence-corrected chi connectivity index (χ1v) is 5.64. The highest BCUT2D eigenvalue weighted by atomic mass is 79.9. The third-order valence-electron chi connectivity index (χ3n) is 2.31. The zero-order valence-electron chi connectivity index (χ0n) is 8.63. The molecule has 2 nitrogen and oxygen atoms in total. The van der Waals surface area contributed by atoms with E-state index in [0.717, 1.165) is 21.0 Å². The van der Waals surface area contributed by atoms with Crippen LogP contribution in [0.4, 0.5) is 0 Å². The Balaban J connectivity index is 2.65. The lowest BCUT2D eigenvalue weighted by molar-refractivity contribution is 0.0963. The number of halogens is 1. The van der Waals surface area contributed by atoms with E-state index in [1.807, 2.05) is 26.0 Å². The summed E-state index contributed by atoms with van der Waals surface area (Å²) in [4.78, 5) is 11.5. The number of hydrogen-bond acceptors (Lipinski definition) is 2. The Morgan fingerprint density at radius 3 is 2.80 bits per heavy atom. The number of rotatable bonds is 2. The average Bonchev–Trinajstić information content (AvgIpc) is 2.60. The molecule has 0 unspecified atom stereocenters. The van der Waals surface area contributed by atoms with Gasteiger partial charge in [0, 0.05) is 11.8 Å². The summed E-state index contributed by atoms with van der Waals surface area (Å²) in [6.07, 6.45) is 0.469. The van der Waals surface area contributed by atoms with Crippen molar-refractivity contribution in [3.63, 3.8) is 0 Å². The van der Waals surface area contributed by atoms with Crippen LogP contribution in [0.2, 0.25) is 0 Å². The van der Waals surface area contributed by atoms with Crippen molar-refractivity contribution in [1.82, 2.24) is 0 Å². The van der Waals surface area contributed by atoms with Crippen molar-refractivity contribution >= 4 is 32.7 Å². The van der Waals surface area contributed by atoms with Crippen LogP contribution in [-0.2, 0) is 0 Å². The maximum atomic E-state index is 11.5. The molecule has 1 aromatic heterocycles. The number of benzene rings is 1. The number of aryl methyl sites for hydroxylation is 1. The summed E-state index contributed by atoms with van der Waals surface area (Å²) in [5.74, 6) is 0.481. The fraction of sp³-hybridized carbons (Fsp3) is 0.250. The molecule has 0 spiro atoms. The zero-order chi connectivity index (χ0) is 11.0. The Bertz CT molecular complexity index is 526. The molecule has 0 saturated heterocycles. The fourth-order valence-electron chi connectivity index (χ4n) is 1.56. The molecule has 0 saturated carbocycles. The van der Waals surface area contributed by atoms with Gasteiger partial charge in [-0.1, -0.05) is 6.92 Å². The largest absolute Gasteiger partial charge is 0.452 e. The van der Waals surface area contributed by atoms with Gasteiger partial charge in [-0.3, -0.25) is 4.79 Å². The molecule has 78 valence electrons. The van der Waals surface area contributed by atoms with E-state index in [1.165, 1.54) is 0 Å². The van der Waals surface area contributed by atoms with Crippen LogP contribution in [0.15, 0.2) is 27.1 Å². The predicted molar refractivity (Wildman–Crippen MR) is 63.3 cm³/mol. The Morgan fingerprint density at radius 1 is 1.40 bits per heavy atom. The Kier molecular flexibility index (Phi) is 2.65. The van der Waals surface area contributed by atoms with Gasteiger partial charge in [-0.25, -0.2) is 0 Å². The van der Waals surface area contributed by atoms with Crippen LogP contribution < -0.4 is 0 Å². The zero-order valence-corrected chi connectivity index (χ0v) is 10.2. The van der Waals surface area contributed by atoms with E-state index in [1.54, 1.807) is 6.07 Å². The molecule has 3 heteroatoms. The van der Waals surface area contributed by atoms with E-state index in [2.05, 4.69) is 15.9 Å². The monoisotopic (exact) mass is 266 g/mol. The lowest BCUT2D eigenvalue weighted by Crippen LogP contribution is -1.92. The number of ketones is 1. The number of hydrogen-bond donors (Lipinski definition) is 0. The smallest absolute Gasteiger partial charge is 0.197 e. The number of carbonyl (C=O) groups excluding carboxylic acids is 1. The van der Waals surface area contributed by atoms with E-state index in [0.29, 0.717) is 12.2 Å². The summed E-state index contributed by atoms with van der Waals surface area (Å²) in [7, 11) is 0. The van der Waals surface area contributed by atoms with Gasteiger partial charge in [0.15, 0.2) is 11.5 Å². The maximum absolute atomic E-state index is 11.5. The second-order valence-corrected chi connectivity index (χ2v) is 4.41. The van der Waals surface area contributed by atoms with Crippen LogP contribution in [0.25, 0.3) is 11.0 Å². The molecular weight excluding hydrogens is 256 g/mol. The third-order valence-corrected chi connectivity index (χ3v) is 2.90. The minimum absolute atomic E-state index is 0.0377. The molecule has 0 bridgehead atoms. The average molecular weight is 267 g/mol. The summed E-state index contributed by atoms with van der Waals surface area (Å²) >= 11 is 3.43. The second-order valence-electron chi connectivity index (χ2n) is 3.55. The molecule has 0 atom stereocenters. The molecule has 0 amide bonds. The van der Waals surface area contributed by atoms with Gasteiger partial charge in [0.25, 0.3) is 0 Å². The number of furan rings is 1. The quantitative estimate of drug-likeness (QED) is 0.767. The van der Waals surface area contributed by atoms with E-state index in [4.69, 9.17) is 4.42 Å². The maximum Gasteiger partial charge on any atom is 0.197 e. The van der Waals surface area contributed by atoms with Gasteiger partial charge in [-0.15, -0.1) is 0 Å². The van der Waals surface area contributed by atoms with Crippen molar-refractivity contribution in [2.75, 3.05) is 0 Å². The summed E-state index contributed by atoms with van der Waals surface area (Å²) in [6.45, 7) is 3.84.